The molecule has 0 amide bonds. The second-order valence-corrected chi connectivity index (χ2v) is 5.07. The van der Waals surface area contributed by atoms with E-state index < -0.39 is 4.92 Å². The average Bonchev–Trinajstić information content (AvgIpc) is 2.35. The highest BCUT2D eigenvalue weighted by Crippen LogP contribution is 2.24. The van der Waals surface area contributed by atoms with E-state index in [0.29, 0.717) is 12.6 Å². The lowest BCUT2D eigenvalue weighted by Gasteiger charge is -2.20. The molecule has 0 aliphatic heterocycles. The summed E-state index contributed by atoms with van der Waals surface area (Å²) in [4.78, 5) is 16.5. The van der Waals surface area contributed by atoms with Crippen molar-refractivity contribution in [2.45, 2.75) is 26.3 Å². The molecule has 1 rings (SSSR count). The van der Waals surface area contributed by atoms with Crippen LogP contribution in [0.15, 0.2) is 12.3 Å². The fourth-order valence-electron chi connectivity index (χ4n) is 1.50. The van der Waals surface area contributed by atoms with Gasteiger partial charge in [-0.3, -0.25) is 10.1 Å². The van der Waals surface area contributed by atoms with Crippen LogP contribution >= 0.6 is 11.6 Å². The molecule has 7 heteroatoms. The standard InChI is InChI=1S/C12H19ClN4O2/c1-9(2)16(3)6-4-5-14-12-11(17(18)19)7-10(13)8-15-12/h7-9H,4-6H2,1-3H3,(H,14,15). The Kier molecular flexibility index (Phi) is 5.98. The number of pyridine rings is 1. The lowest BCUT2D eigenvalue weighted by Crippen LogP contribution is -2.28. The summed E-state index contributed by atoms with van der Waals surface area (Å²) in [7, 11) is 2.05. The minimum atomic E-state index is -0.485. The maximum atomic E-state index is 10.9. The summed E-state index contributed by atoms with van der Waals surface area (Å²) in [6.45, 7) is 5.80. The van der Waals surface area contributed by atoms with E-state index in [1.54, 1.807) is 0 Å². The molecule has 0 unspecified atom stereocenters. The molecule has 0 atom stereocenters. The molecule has 0 fully saturated rings. The van der Waals surface area contributed by atoms with E-state index in [-0.39, 0.29) is 16.5 Å². The van der Waals surface area contributed by atoms with E-state index in [4.69, 9.17) is 11.6 Å². The van der Waals surface area contributed by atoms with Crippen molar-refractivity contribution < 1.29 is 4.92 Å². The third-order valence-corrected chi connectivity index (χ3v) is 3.10. The molecular weight excluding hydrogens is 268 g/mol. The van der Waals surface area contributed by atoms with Gasteiger partial charge in [-0.05, 0) is 33.9 Å². The van der Waals surface area contributed by atoms with Crippen molar-refractivity contribution in [2.75, 3.05) is 25.5 Å². The molecule has 0 saturated carbocycles. The number of hydrogen-bond acceptors (Lipinski definition) is 5. The summed E-state index contributed by atoms with van der Waals surface area (Å²) in [5.74, 6) is 0.265. The number of aromatic nitrogens is 1. The molecule has 0 spiro atoms. The first kappa shape index (κ1) is 15.7. The number of anilines is 1. The largest absolute Gasteiger partial charge is 0.364 e. The van der Waals surface area contributed by atoms with Crippen LogP contribution in [0.3, 0.4) is 0 Å². The van der Waals surface area contributed by atoms with Crippen LogP contribution in [-0.4, -0.2) is 41.0 Å². The van der Waals surface area contributed by atoms with Gasteiger partial charge in [0.2, 0.25) is 5.82 Å². The smallest absolute Gasteiger partial charge is 0.312 e. The molecule has 19 heavy (non-hydrogen) atoms. The first-order valence-electron chi connectivity index (χ1n) is 6.16. The Morgan fingerprint density at radius 3 is 2.84 bits per heavy atom. The number of hydrogen-bond donors (Lipinski definition) is 1. The molecule has 1 heterocycles. The highest BCUT2D eigenvalue weighted by Gasteiger charge is 2.15. The molecule has 106 valence electrons. The van der Waals surface area contributed by atoms with E-state index in [1.807, 2.05) is 7.05 Å². The predicted octanol–water partition coefficient (Wildman–Crippen LogP) is 2.79. The maximum absolute atomic E-state index is 10.9. The van der Waals surface area contributed by atoms with Gasteiger partial charge in [-0.2, -0.15) is 0 Å². The normalized spacial score (nSPS) is 11.1. The molecule has 0 radical (unpaired) electrons. The molecule has 0 saturated heterocycles. The molecule has 1 aromatic heterocycles. The molecule has 6 nitrogen and oxygen atoms in total. The van der Waals surface area contributed by atoms with Crippen molar-refractivity contribution >= 4 is 23.1 Å². The number of nitrogens with zero attached hydrogens (tertiary/aromatic N) is 3. The van der Waals surface area contributed by atoms with Gasteiger partial charge in [0.25, 0.3) is 0 Å². The lowest BCUT2D eigenvalue weighted by molar-refractivity contribution is -0.384. The van der Waals surface area contributed by atoms with Crippen LogP contribution in [0, 0.1) is 10.1 Å². The van der Waals surface area contributed by atoms with E-state index >= 15 is 0 Å². The van der Waals surface area contributed by atoms with Crippen LogP contribution in [0.25, 0.3) is 0 Å². The van der Waals surface area contributed by atoms with Gasteiger partial charge in [-0.15, -0.1) is 0 Å². The lowest BCUT2D eigenvalue weighted by atomic mass is 10.3. The Morgan fingerprint density at radius 1 is 1.58 bits per heavy atom. The first-order chi connectivity index (χ1) is 8.91. The summed E-state index contributed by atoms with van der Waals surface area (Å²) in [5.41, 5.74) is -0.0929. The van der Waals surface area contributed by atoms with Gasteiger partial charge < -0.3 is 10.2 Å². The number of nitrogens with one attached hydrogen (secondary N) is 1. The van der Waals surface area contributed by atoms with E-state index in [9.17, 15) is 10.1 Å². The fraction of sp³-hybridized carbons (Fsp3) is 0.583. The van der Waals surface area contributed by atoms with E-state index in [0.717, 1.165) is 13.0 Å². The Morgan fingerprint density at radius 2 is 2.26 bits per heavy atom. The highest BCUT2D eigenvalue weighted by atomic mass is 35.5. The van der Waals surface area contributed by atoms with Gasteiger partial charge in [0, 0.05) is 24.8 Å². The second kappa shape index (κ2) is 7.25. The average molecular weight is 287 g/mol. The zero-order valence-electron chi connectivity index (χ0n) is 11.4. The second-order valence-electron chi connectivity index (χ2n) is 4.63. The SMILES string of the molecule is CC(C)N(C)CCCNc1ncc(Cl)cc1[N+](=O)[O-]. The Balaban J connectivity index is 2.52. The maximum Gasteiger partial charge on any atom is 0.312 e. The molecule has 1 N–H and O–H groups in total. The van der Waals surface area contributed by atoms with E-state index in [2.05, 4.69) is 29.0 Å². The zero-order chi connectivity index (χ0) is 14.4. The molecule has 1 aromatic rings. The number of rotatable bonds is 7. The fourth-order valence-corrected chi connectivity index (χ4v) is 1.65. The van der Waals surface area contributed by atoms with Gasteiger partial charge in [0.05, 0.1) is 9.95 Å². The molecule has 0 aliphatic carbocycles. The van der Waals surface area contributed by atoms with E-state index in [1.165, 1.54) is 12.3 Å². The summed E-state index contributed by atoms with van der Waals surface area (Å²) in [6, 6.07) is 1.79. The van der Waals surface area contributed by atoms with Crippen LogP contribution in [0.1, 0.15) is 20.3 Å². The Labute approximate surface area is 117 Å². The van der Waals surface area contributed by atoms with Crippen molar-refractivity contribution in [3.05, 3.63) is 27.4 Å². The third-order valence-electron chi connectivity index (χ3n) is 2.89. The monoisotopic (exact) mass is 286 g/mol. The van der Waals surface area contributed by atoms with Gasteiger partial charge >= 0.3 is 5.69 Å². The summed E-state index contributed by atoms with van der Waals surface area (Å²) in [6.07, 6.45) is 2.28. The quantitative estimate of drug-likeness (QED) is 0.474. The molecular formula is C12H19ClN4O2. The van der Waals surface area contributed by atoms with Crippen LogP contribution in [0.5, 0.6) is 0 Å². The summed E-state index contributed by atoms with van der Waals surface area (Å²) < 4.78 is 0. The van der Waals surface area contributed by atoms with Crippen LogP contribution in [-0.2, 0) is 0 Å². The Bertz CT molecular complexity index is 440. The minimum absolute atomic E-state index is 0.0929. The topological polar surface area (TPSA) is 71.3 Å². The molecule has 0 aromatic carbocycles. The van der Waals surface area contributed by atoms with Crippen LogP contribution < -0.4 is 5.32 Å². The Hall–Kier alpha value is -1.40. The van der Waals surface area contributed by atoms with Crippen molar-refractivity contribution in [1.29, 1.82) is 0 Å². The molecule has 0 bridgehead atoms. The van der Waals surface area contributed by atoms with Gasteiger partial charge in [-0.25, -0.2) is 4.98 Å². The van der Waals surface area contributed by atoms with Crippen LogP contribution in [0.4, 0.5) is 11.5 Å². The van der Waals surface area contributed by atoms with Gasteiger partial charge in [0.15, 0.2) is 0 Å². The van der Waals surface area contributed by atoms with Crippen molar-refractivity contribution in [3.63, 3.8) is 0 Å². The van der Waals surface area contributed by atoms with Crippen LogP contribution in [0.2, 0.25) is 5.02 Å². The van der Waals surface area contributed by atoms with Crippen molar-refractivity contribution in [3.8, 4) is 0 Å². The minimum Gasteiger partial charge on any atom is -0.364 e. The van der Waals surface area contributed by atoms with Crippen molar-refractivity contribution in [1.82, 2.24) is 9.88 Å². The predicted molar refractivity (Wildman–Crippen MR) is 76.8 cm³/mol. The van der Waals surface area contributed by atoms with Gasteiger partial charge in [0.1, 0.15) is 0 Å². The van der Waals surface area contributed by atoms with Crippen molar-refractivity contribution in [2.24, 2.45) is 0 Å². The van der Waals surface area contributed by atoms with Gasteiger partial charge in [-0.1, -0.05) is 11.6 Å². The summed E-state index contributed by atoms with van der Waals surface area (Å²) in [5, 5.41) is 14.1. The third kappa shape index (κ3) is 5.00. The molecule has 0 aliphatic rings. The summed E-state index contributed by atoms with van der Waals surface area (Å²) >= 11 is 5.70. The number of nitro groups is 1. The zero-order valence-corrected chi connectivity index (χ0v) is 12.1. The highest BCUT2D eigenvalue weighted by molar-refractivity contribution is 6.30. The number of halogens is 1. The first-order valence-corrected chi connectivity index (χ1v) is 6.53.